The van der Waals surface area contributed by atoms with E-state index in [0.717, 1.165) is 18.2 Å². The van der Waals surface area contributed by atoms with E-state index in [1.165, 1.54) is 12.1 Å². The van der Waals surface area contributed by atoms with Gasteiger partial charge in [0, 0.05) is 12.6 Å². The summed E-state index contributed by atoms with van der Waals surface area (Å²) in [6, 6.07) is 13.6. The highest BCUT2D eigenvalue weighted by Gasteiger charge is 2.45. The maximum absolute atomic E-state index is 14.9. The molecule has 2 atom stereocenters. The van der Waals surface area contributed by atoms with Crippen LogP contribution in [0.15, 0.2) is 66.7 Å². The molecule has 0 radical (unpaired) electrons. The molecular formula is C29H28F9NO3. The van der Waals surface area contributed by atoms with Gasteiger partial charge in [0.25, 0.3) is 0 Å². The van der Waals surface area contributed by atoms with Crippen LogP contribution in [0, 0.1) is 11.6 Å². The van der Waals surface area contributed by atoms with Crippen LogP contribution in [-0.2, 0) is 12.0 Å². The molecule has 0 spiro atoms. The van der Waals surface area contributed by atoms with Crippen molar-refractivity contribution in [1.29, 1.82) is 0 Å². The number of ether oxygens (including phenoxy) is 2. The van der Waals surface area contributed by atoms with E-state index in [0.29, 0.717) is 11.6 Å². The third-order valence-corrected chi connectivity index (χ3v) is 6.08. The molecule has 2 N–H and O–H groups in total. The Morgan fingerprint density at radius 2 is 1.52 bits per heavy atom. The molecular weight excluding hydrogens is 581 g/mol. The van der Waals surface area contributed by atoms with E-state index in [2.05, 4.69) is 10.1 Å². The van der Waals surface area contributed by atoms with Crippen molar-refractivity contribution in [2.45, 2.75) is 63.1 Å². The first-order valence-corrected chi connectivity index (χ1v) is 12.7. The molecule has 13 heteroatoms. The summed E-state index contributed by atoms with van der Waals surface area (Å²) in [7, 11) is 0. The zero-order valence-corrected chi connectivity index (χ0v) is 22.4. The summed E-state index contributed by atoms with van der Waals surface area (Å²) in [5.74, 6) is -3.30. The van der Waals surface area contributed by atoms with E-state index in [1.807, 2.05) is 0 Å². The van der Waals surface area contributed by atoms with Crippen LogP contribution in [-0.4, -0.2) is 42.6 Å². The molecule has 0 bridgehead atoms. The second kappa shape index (κ2) is 13.2. The first-order valence-electron chi connectivity index (χ1n) is 12.7. The Morgan fingerprint density at radius 1 is 0.857 bits per heavy atom. The predicted molar refractivity (Wildman–Crippen MR) is 136 cm³/mol. The Labute approximate surface area is 236 Å². The fraction of sp³-hybridized carbons (Fsp3) is 0.379. The molecule has 4 nitrogen and oxygen atoms in total. The van der Waals surface area contributed by atoms with E-state index in [4.69, 9.17) is 4.74 Å². The molecule has 0 aromatic heterocycles. The monoisotopic (exact) mass is 609 g/mol. The second-order valence-electron chi connectivity index (χ2n) is 9.87. The van der Waals surface area contributed by atoms with Crippen LogP contribution in [0.3, 0.4) is 0 Å². The topological polar surface area (TPSA) is 50.7 Å². The Bertz CT molecular complexity index is 1320. The van der Waals surface area contributed by atoms with Crippen molar-refractivity contribution in [1.82, 2.24) is 5.32 Å². The van der Waals surface area contributed by atoms with Gasteiger partial charge in [-0.25, -0.2) is 8.78 Å². The van der Waals surface area contributed by atoms with E-state index < -0.39 is 66.8 Å². The van der Waals surface area contributed by atoms with Crippen LogP contribution in [0.25, 0.3) is 0 Å². The minimum Gasteiger partial charge on any atom is -0.488 e. The lowest BCUT2D eigenvalue weighted by atomic mass is 9.77. The van der Waals surface area contributed by atoms with Crippen LogP contribution in [0.2, 0.25) is 0 Å². The Kier molecular flexibility index (Phi) is 10.4. The number of alkyl halides is 7. The number of aliphatic hydroxyl groups is 1. The summed E-state index contributed by atoms with van der Waals surface area (Å²) in [4.78, 5) is 0. The highest BCUT2D eigenvalue weighted by molar-refractivity contribution is 5.47. The van der Waals surface area contributed by atoms with Gasteiger partial charge in [-0.3, -0.25) is 0 Å². The average Bonchev–Trinajstić information content (AvgIpc) is 2.86. The standard InChI is InChI=1S/C29H28F9NO3/c1-17(2)41-25-12-19(8-9-24(25)31)27(14-18-6-4-3-5-7-18,39-16-22(40)15-28(34,35)36)20-10-21(30)13-23(11-20)42-29(37,38)26(32)33/h3-13,17,22,26,39-40H,14-16H2,1-2H3/t22-,27+/m0/s1. The van der Waals surface area contributed by atoms with E-state index in [9.17, 15) is 44.6 Å². The molecule has 0 saturated heterocycles. The number of benzene rings is 3. The van der Waals surface area contributed by atoms with Crippen LogP contribution in [0.4, 0.5) is 39.5 Å². The Balaban J connectivity index is 2.28. The van der Waals surface area contributed by atoms with Gasteiger partial charge >= 0.3 is 18.7 Å². The first-order chi connectivity index (χ1) is 19.5. The summed E-state index contributed by atoms with van der Waals surface area (Å²) in [5.41, 5.74) is -1.56. The van der Waals surface area contributed by atoms with Crippen molar-refractivity contribution in [3.05, 3.63) is 95.1 Å². The maximum Gasteiger partial charge on any atom is 0.461 e. The molecule has 0 fully saturated rings. The minimum atomic E-state index is -5.00. The van der Waals surface area contributed by atoms with E-state index in [-0.39, 0.29) is 23.3 Å². The largest absolute Gasteiger partial charge is 0.488 e. The summed E-state index contributed by atoms with van der Waals surface area (Å²) < 4.78 is 132. The minimum absolute atomic E-state index is 0.0692. The van der Waals surface area contributed by atoms with Gasteiger partial charge in [0.05, 0.1) is 24.2 Å². The third kappa shape index (κ3) is 8.78. The van der Waals surface area contributed by atoms with Crippen LogP contribution >= 0.6 is 0 Å². The van der Waals surface area contributed by atoms with Gasteiger partial charge in [0.15, 0.2) is 11.6 Å². The van der Waals surface area contributed by atoms with Crippen LogP contribution in [0.1, 0.15) is 37.0 Å². The molecule has 0 aliphatic heterocycles. The van der Waals surface area contributed by atoms with E-state index >= 15 is 0 Å². The molecule has 0 aliphatic carbocycles. The maximum atomic E-state index is 14.9. The second-order valence-corrected chi connectivity index (χ2v) is 9.87. The van der Waals surface area contributed by atoms with Crippen molar-refractivity contribution < 1.29 is 54.1 Å². The van der Waals surface area contributed by atoms with Gasteiger partial charge in [-0.2, -0.15) is 30.7 Å². The number of rotatable bonds is 13. The van der Waals surface area contributed by atoms with Gasteiger partial charge < -0.3 is 19.9 Å². The van der Waals surface area contributed by atoms with Gasteiger partial charge in [-0.05, 0) is 61.2 Å². The fourth-order valence-corrected chi connectivity index (χ4v) is 4.35. The smallest absolute Gasteiger partial charge is 0.461 e. The molecule has 0 saturated carbocycles. The molecule has 0 heterocycles. The molecule has 42 heavy (non-hydrogen) atoms. The van der Waals surface area contributed by atoms with Crippen molar-refractivity contribution >= 4 is 0 Å². The molecule has 230 valence electrons. The van der Waals surface area contributed by atoms with Gasteiger partial charge in [0.1, 0.15) is 11.6 Å². The van der Waals surface area contributed by atoms with Crippen LogP contribution < -0.4 is 14.8 Å². The average molecular weight is 610 g/mol. The molecule has 3 rings (SSSR count). The number of nitrogens with one attached hydrogen (secondary N) is 1. The SMILES string of the molecule is CC(C)Oc1cc([C@@](Cc2ccccc2)(NC[C@@H](O)CC(F)(F)F)c2cc(F)cc(OC(F)(F)C(F)F)c2)ccc1F. The normalized spacial score (nSPS) is 14.6. The Hall–Kier alpha value is -3.45. The summed E-state index contributed by atoms with van der Waals surface area (Å²) >= 11 is 0. The number of aliphatic hydroxyl groups excluding tert-OH is 1. The van der Waals surface area contributed by atoms with Crippen molar-refractivity contribution in [3.8, 4) is 11.5 Å². The number of halogens is 9. The Morgan fingerprint density at radius 3 is 2.12 bits per heavy atom. The highest BCUT2D eigenvalue weighted by atomic mass is 19.4. The zero-order chi connectivity index (χ0) is 31.3. The molecule has 0 amide bonds. The van der Waals surface area contributed by atoms with Crippen LogP contribution in [0.5, 0.6) is 11.5 Å². The number of hydrogen-bond acceptors (Lipinski definition) is 4. The third-order valence-electron chi connectivity index (χ3n) is 6.08. The summed E-state index contributed by atoms with van der Waals surface area (Å²) in [6.07, 6.45) is -18.4. The highest BCUT2D eigenvalue weighted by Crippen LogP contribution is 2.39. The quantitative estimate of drug-likeness (QED) is 0.199. The summed E-state index contributed by atoms with van der Waals surface area (Å²) in [6.45, 7) is 2.45. The fourth-order valence-electron chi connectivity index (χ4n) is 4.35. The first kappa shape index (κ1) is 33.1. The molecule has 0 unspecified atom stereocenters. The van der Waals surface area contributed by atoms with Gasteiger partial charge in [-0.1, -0.05) is 36.4 Å². The molecule has 3 aromatic rings. The van der Waals surface area contributed by atoms with Gasteiger partial charge in [-0.15, -0.1) is 0 Å². The lowest BCUT2D eigenvalue weighted by molar-refractivity contribution is -0.253. The number of hydrogen-bond donors (Lipinski definition) is 2. The van der Waals surface area contributed by atoms with Crippen molar-refractivity contribution in [2.75, 3.05) is 6.54 Å². The predicted octanol–water partition coefficient (Wildman–Crippen LogP) is 7.38. The van der Waals surface area contributed by atoms with Crippen molar-refractivity contribution in [3.63, 3.8) is 0 Å². The zero-order valence-electron chi connectivity index (χ0n) is 22.4. The lowest BCUT2D eigenvalue weighted by Crippen LogP contribution is -2.49. The molecule has 3 aromatic carbocycles. The lowest BCUT2D eigenvalue weighted by Gasteiger charge is -2.38. The summed E-state index contributed by atoms with van der Waals surface area (Å²) in [5, 5.41) is 13.0. The van der Waals surface area contributed by atoms with Gasteiger partial charge in [0.2, 0.25) is 0 Å². The van der Waals surface area contributed by atoms with E-state index in [1.54, 1.807) is 44.2 Å². The molecule has 0 aliphatic rings. The van der Waals surface area contributed by atoms with Crippen molar-refractivity contribution in [2.24, 2.45) is 0 Å².